The summed E-state index contributed by atoms with van der Waals surface area (Å²) in [6.07, 6.45) is 6.82. The summed E-state index contributed by atoms with van der Waals surface area (Å²) >= 11 is 0. The number of nitrogens with zero attached hydrogens (tertiary/aromatic N) is 4. The highest BCUT2D eigenvalue weighted by molar-refractivity contribution is 5.88. The molecule has 4 aromatic rings. The zero-order chi connectivity index (χ0) is 19.3. The summed E-state index contributed by atoms with van der Waals surface area (Å²) in [4.78, 5) is 13.3. The van der Waals surface area contributed by atoms with Crippen molar-refractivity contribution < 1.29 is 8.81 Å². The van der Waals surface area contributed by atoms with Gasteiger partial charge < -0.3 is 14.3 Å². The average Bonchev–Trinajstić information content (AvgIpc) is 3.30. The van der Waals surface area contributed by atoms with Gasteiger partial charge in [0, 0.05) is 32.3 Å². The van der Waals surface area contributed by atoms with Gasteiger partial charge in [-0.05, 0) is 43.0 Å². The third kappa shape index (κ3) is 3.02. The second-order valence-electron chi connectivity index (χ2n) is 7.32. The van der Waals surface area contributed by atoms with E-state index in [1.165, 1.54) is 25.1 Å². The van der Waals surface area contributed by atoms with Crippen LogP contribution < -0.4 is 5.32 Å². The zero-order valence-electron chi connectivity index (χ0n) is 15.7. The summed E-state index contributed by atoms with van der Waals surface area (Å²) in [7, 11) is 2.03. The van der Waals surface area contributed by atoms with E-state index in [1.807, 2.05) is 13.1 Å². The second kappa shape index (κ2) is 6.44. The molecule has 0 amide bonds. The third-order valence-electron chi connectivity index (χ3n) is 5.18. The van der Waals surface area contributed by atoms with Gasteiger partial charge in [0.1, 0.15) is 17.2 Å². The predicted molar refractivity (Wildman–Crippen MR) is 105 cm³/mol. The number of oxazole rings is 1. The van der Waals surface area contributed by atoms with Crippen molar-refractivity contribution in [1.29, 1.82) is 0 Å². The predicted octanol–water partition coefficient (Wildman–Crippen LogP) is 4.77. The second-order valence-corrected chi connectivity index (χ2v) is 7.32. The molecule has 0 saturated heterocycles. The number of imidazole rings is 1. The molecule has 0 radical (unpaired) electrons. The average molecular weight is 377 g/mol. The number of aryl methyl sites for hydroxylation is 2. The summed E-state index contributed by atoms with van der Waals surface area (Å²) in [5.74, 6) is 2.97. The molecule has 142 valence electrons. The smallest absolute Gasteiger partial charge is 0.191 e. The van der Waals surface area contributed by atoms with Gasteiger partial charge in [0.15, 0.2) is 17.5 Å². The van der Waals surface area contributed by atoms with Crippen molar-refractivity contribution in [1.82, 2.24) is 19.5 Å². The number of hydrogen-bond donors (Lipinski definition) is 1. The SMILES string of the molecule is Cc1ncc(-c2ccc(Nc3nccc4c3nc(CC3CC3)n4C)cc2F)o1. The van der Waals surface area contributed by atoms with Crippen molar-refractivity contribution in [3.8, 4) is 11.3 Å². The minimum Gasteiger partial charge on any atom is -0.441 e. The zero-order valence-corrected chi connectivity index (χ0v) is 15.7. The molecular weight excluding hydrogens is 357 g/mol. The molecule has 1 N–H and O–H groups in total. The number of pyridine rings is 1. The minimum absolute atomic E-state index is 0.377. The summed E-state index contributed by atoms with van der Waals surface area (Å²) in [6.45, 7) is 1.73. The van der Waals surface area contributed by atoms with Crippen LogP contribution in [-0.4, -0.2) is 19.5 Å². The summed E-state index contributed by atoms with van der Waals surface area (Å²) in [5.41, 5.74) is 2.80. The number of fused-ring (bicyclic) bond motifs is 1. The molecule has 3 heterocycles. The van der Waals surface area contributed by atoms with Gasteiger partial charge in [-0.2, -0.15) is 0 Å². The van der Waals surface area contributed by atoms with E-state index in [0.29, 0.717) is 28.7 Å². The van der Waals surface area contributed by atoms with E-state index >= 15 is 0 Å². The van der Waals surface area contributed by atoms with Crippen LogP contribution in [0.2, 0.25) is 0 Å². The van der Waals surface area contributed by atoms with Gasteiger partial charge in [0.25, 0.3) is 0 Å². The Balaban J connectivity index is 1.47. The molecule has 0 aliphatic heterocycles. The van der Waals surface area contributed by atoms with Crippen LogP contribution >= 0.6 is 0 Å². The lowest BCUT2D eigenvalue weighted by atomic mass is 10.1. The summed E-state index contributed by atoms with van der Waals surface area (Å²) < 4.78 is 22.2. The largest absolute Gasteiger partial charge is 0.441 e. The number of halogens is 1. The van der Waals surface area contributed by atoms with Crippen molar-refractivity contribution in [2.24, 2.45) is 13.0 Å². The molecule has 5 rings (SSSR count). The highest BCUT2D eigenvalue weighted by atomic mass is 19.1. The van der Waals surface area contributed by atoms with Gasteiger partial charge >= 0.3 is 0 Å². The van der Waals surface area contributed by atoms with Gasteiger partial charge in [0.05, 0.1) is 17.3 Å². The monoisotopic (exact) mass is 377 g/mol. The lowest BCUT2D eigenvalue weighted by molar-refractivity contribution is 0.528. The molecule has 0 atom stereocenters. The standard InChI is InChI=1S/C21H20FN5O/c1-12-24-11-18(28-12)15-6-5-14(10-16(15)22)25-21-20-17(7-8-23-21)27(2)19(26-20)9-13-3-4-13/h5-8,10-11,13H,3-4,9H2,1-2H3,(H,23,25). The molecule has 0 unspecified atom stereocenters. The molecule has 1 aliphatic rings. The van der Waals surface area contributed by atoms with Crippen molar-refractivity contribution in [3.05, 3.63) is 54.2 Å². The summed E-state index contributed by atoms with van der Waals surface area (Å²) in [6, 6.07) is 6.86. The Bertz CT molecular complexity index is 1170. The molecule has 1 aromatic carbocycles. The van der Waals surface area contributed by atoms with Crippen molar-refractivity contribution in [3.63, 3.8) is 0 Å². The molecule has 6 nitrogen and oxygen atoms in total. The third-order valence-corrected chi connectivity index (χ3v) is 5.18. The first-order chi connectivity index (χ1) is 13.6. The Morgan fingerprint density at radius 3 is 2.82 bits per heavy atom. The van der Waals surface area contributed by atoms with Crippen LogP contribution in [0.25, 0.3) is 22.4 Å². The maximum Gasteiger partial charge on any atom is 0.191 e. The number of hydrogen-bond acceptors (Lipinski definition) is 5. The molecule has 7 heteroatoms. The molecule has 1 saturated carbocycles. The first-order valence-corrected chi connectivity index (χ1v) is 9.38. The van der Waals surface area contributed by atoms with Gasteiger partial charge in [-0.15, -0.1) is 0 Å². The Morgan fingerprint density at radius 1 is 1.25 bits per heavy atom. The Labute approximate surface area is 161 Å². The lowest BCUT2D eigenvalue weighted by Gasteiger charge is -2.08. The van der Waals surface area contributed by atoms with Crippen LogP contribution in [0.1, 0.15) is 24.6 Å². The van der Waals surface area contributed by atoms with Crippen LogP contribution in [0.5, 0.6) is 0 Å². The number of anilines is 2. The maximum atomic E-state index is 14.6. The quantitative estimate of drug-likeness (QED) is 0.543. The Morgan fingerprint density at radius 2 is 2.11 bits per heavy atom. The van der Waals surface area contributed by atoms with Gasteiger partial charge in [-0.3, -0.25) is 0 Å². The van der Waals surface area contributed by atoms with Crippen LogP contribution in [0, 0.1) is 18.7 Å². The molecule has 28 heavy (non-hydrogen) atoms. The van der Waals surface area contributed by atoms with Crippen LogP contribution in [-0.2, 0) is 13.5 Å². The number of rotatable bonds is 5. The molecule has 3 aromatic heterocycles. The molecule has 0 bridgehead atoms. The van der Waals surface area contributed by atoms with E-state index in [0.717, 1.165) is 29.2 Å². The van der Waals surface area contributed by atoms with E-state index in [-0.39, 0.29) is 5.82 Å². The number of benzene rings is 1. The Hall–Kier alpha value is -3.22. The van der Waals surface area contributed by atoms with E-state index < -0.39 is 0 Å². The highest BCUT2D eigenvalue weighted by Crippen LogP contribution is 2.34. The first kappa shape index (κ1) is 16.9. The molecule has 1 fully saturated rings. The van der Waals surface area contributed by atoms with Crippen molar-refractivity contribution >= 4 is 22.5 Å². The molecule has 1 aliphatic carbocycles. The van der Waals surface area contributed by atoms with Crippen molar-refractivity contribution in [2.45, 2.75) is 26.2 Å². The number of aromatic nitrogens is 4. The maximum absolute atomic E-state index is 14.6. The van der Waals surface area contributed by atoms with Gasteiger partial charge in [-0.1, -0.05) is 0 Å². The van der Waals surface area contributed by atoms with Crippen LogP contribution in [0.4, 0.5) is 15.9 Å². The van der Waals surface area contributed by atoms with Gasteiger partial charge in [0.2, 0.25) is 0 Å². The first-order valence-electron chi connectivity index (χ1n) is 9.38. The fourth-order valence-electron chi connectivity index (χ4n) is 3.44. The van der Waals surface area contributed by atoms with E-state index in [9.17, 15) is 4.39 Å². The Kier molecular flexibility index (Phi) is 3.89. The number of nitrogens with one attached hydrogen (secondary N) is 1. The molecular formula is C21H20FN5O. The minimum atomic E-state index is -0.385. The van der Waals surface area contributed by atoms with Crippen LogP contribution in [0.15, 0.2) is 41.1 Å². The molecule has 0 spiro atoms. The highest BCUT2D eigenvalue weighted by Gasteiger charge is 2.24. The van der Waals surface area contributed by atoms with E-state index in [4.69, 9.17) is 9.40 Å². The van der Waals surface area contributed by atoms with Crippen molar-refractivity contribution in [2.75, 3.05) is 5.32 Å². The van der Waals surface area contributed by atoms with E-state index in [1.54, 1.807) is 25.3 Å². The van der Waals surface area contributed by atoms with Crippen LogP contribution in [0.3, 0.4) is 0 Å². The fourth-order valence-corrected chi connectivity index (χ4v) is 3.44. The summed E-state index contributed by atoms with van der Waals surface area (Å²) in [5, 5.41) is 3.21. The normalized spacial score (nSPS) is 14.0. The topological polar surface area (TPSA) is 68.8 Å². The fraction of sp³-hybridized carbons (Fsp3) is 0.286. The van der Waals surface area contributed by atoms with Gasteiger partial charge in [-0.25, -0.2) is 19.3 Å². The van der Waals surface area contributed by atoms with E-state index in [2.05, 4.69) is 19.9 Å². The lowest BCUT2D eigenvalue weighted by Crippen LogP contribution is -1.98.